The highest BCUT2D eigenvalue weighted by Gasteiger charge is 2.31. The molecule has 1 aliphatic heterocycles. The van der Waals surface area contributed by atoms with E-state index in [0.717, 1.165) is 28.8 Å². The second-order valence-electron chi connectivity index (χ2n) is 6.72. The van der Waals surface area contributed by atoms with Crippen molar-refractivity contribution < 1.29 is 35.9 Å². The third-order valence-corrected chi connectivity index (χ3v) is 5.90. The van der Waals surface area contributed by atoms with Gasteiger partial charge in [0.15, 0.2) is 11.5 Å². The van der Waals surface area contributed by atoms with Gasteiger partial charge in [-0.25, -0.2) is 8.42 Å². The van der Waals surface area contributed by atoms with E-state index >= 15 is 0 Å². The molecule has 0 aliphatic carbocycles. The van der Waals surface area contributed by atoms with Gasteiger partial charge in [0.05, 0.1) is 28.2 Å². The zero-order valence-electron chi connectivity index (χ0n) is 16.2. The van der Waals surface area contributed by atoms with Gasteiger partial charge in [0.1, 0.15) is 0 Å². The maximum absolute atomic E-state index is 12.8. The molecule has 0 atom stereocenters. The molecular weight excluding hydrogens is 461 g/mol. The Balaban J connectivity index is 1.64. The van der Waals surface area contributed by atoms with Crippen LogP contribution in [0.3, 0.4) is 0 Å². The monoisotopic (exact) mass is 478 g/mol. The van der Waals surface area contributed by atoms with Crippen molar-refractivity contribution >= 4 is 38.9 Å². The molecule has 0 unspecified atom stereocenters. The van der Waals surface area contributed by atoms with Gasteiger partial charge in [-0.3, -0.25) is 9.10 Å². The highest BCUT2D eigenvalue weighted by atomic mass is 35.5. The SMILES string of the molecule is CS(=O)(=O)N(CCCC(=O)Nc1cc(C(F)(F)F)ccc1Cl)c1ccc2c(c1)OCO2. The third kappa shape index (κ3) is 5.73. The fourth-order valence-corrected chi connectivity index (χ4v) is 4.04. The summed E-state index contributed by atoms with van der Waals surface area (Å²) in [4.78, 5) is 12.2. The van der Waals surface area contributed by atoms with E-state index in [1.165, 1.54) is 6.07 Å². The fourth-order valence-electron chi connectivity index (χ4n) is 2.92. The predicted molar refractivity (Wildman–Crippen MR) is 109 cm³/mol. The van der Waals surface area contributed by atoms with Crippen molar-refractivity contribution in [2.75, 3.05) is 29.2 Å². The Bertz CT molecular complexity index is 1090. The van der Waals surface area contributed by atoms with Crippen LogP contribution >= 0.6 is 11.6 Å². The zero-order valence-corrected chi connectivity index (χ0v) is 17.8. The number of amides is 1. The number of hydrogen-bond donors (Lipinski definition) is 1. The van der Waals surface area contributed by atoms with Crippen molar-refractivity contribution in [1.29, 1.82) is 0 Å². The van der Waals surface area contributed by atoms with E-state index in [2.05, 4.69) is 5.32 Å². The molecule has 0 saturated heterocycles. The van der Waals surface area contributed by atoms with Crippen LogP contribution < -0.4 is 19.1 Å². The zero-order chi connectivity index (χ0) is 22.8. The lowest BCUT2D eigenvalue weighted by molar-refractivity contribution is -0.137. The van der Waals surface area contributed by atoms with Crippen LogP contribution in [0.5, 0.6) is 11.5 Å². The summed E-state index contributed by atoms with van der Waals surface area (Å²) in [5.41, 5.74) is -0.774. The summed E-state index contributed by atoms with van der Waals surface area (Å²) >= 11 is 5.87. The fraction of sp³-hybridized carbons (Fsp3) is 0.316. The number of benzene rings is 2. The molecule has 2 aromatic carbocycles. The molecule has 0 bridgehead atoms. The number of anilines is 2. The van der Waals surface area contributed by atoms with Gasteiger partial charge in [0.2, 0.25) is 22.7 Å². The van der Waals surface area contributed by atoms with Gasteiger partial charge in [-0.1, -0.05) is 11.6 Å². The normalized spacial score (nSPS) is 13.2. The van der Waals surface area contributed by atoms with E-state index in [0.29, 0.717) is 17.2 Å². The summed E-state index contributed by atoms with van der Waals surface area (Å²) in [7, 11) is -3.66. The van der Waals surface area contributed by atoms with Gasteiger partial charge >= 0.3 is 6.18 Å². The first-order valence-electron chi connectivity index (χ1n) is 8.99. The average molecular weight is 479 g/mol. The van der Waals surface area contributed by atoms with Crippen LogP contribution in [0.25, 0.3) is 0 Å². The Labute approximate surface area is 181 Å². The number of ether oxygens (including phenoxy) is 2. The number of carbonyl (C=O) groups excluding carboxylic acids is 1. The second kappa shape index (κ2) is 8.83. The van der Waals surface area contributed by atoms with E-state index < -0.39 is 27.7 Å². The van der Waals surface area contributed by atoms with Crippen LogP contribution in [0.15, 0.2) is 36.4 Å². The first-order valence-corrected chi connectivity index (χ1v) is 11.2. The molecule has 1 N–H and O–H groups in total. The summed E-state index contributed by atoms with van der Waals surface area (Å²) in [5, 5.41) is 2.29. The molecule has 0 radical (unpaired) electrons. The summed E-state index contributed by atoms with van der Waals surface area (Å²) in [6, 6.07) is 7.26. The van der Waals surface area contributed by atoms with E-state index in [-0.39, 0.29) is 36.9 Å². The summed E-state index contributed by atoms with van der Waals surface area (Å²) in [6.45, 7) is 0.0121. The van der Waals surface area contributed by atoms with Gasteiger partial charge in [0.25, 0.3) is 0 Å². The first kappa shape index (κ1) is 23.0. The smallest absolute Gasteiger partial charge is 0.416 e. The maximum Gasteiger partial charge on any atom is 0.416 e. The molecule has 12 heteroatoms. The van der Waals surface area contributed by atoms with Gasteiger partial charge in [-0.2, -0.15) is 13.2 Å². The van der Waals surface area contributed by atoms with E-state index in [1.54, 1.807) is 12.1 Å². The molecule has 1 aliphatic rings. The minimum Gasteiger partial charge on any atom is -0.454 e. The number of fused-ring (bicyclic) bond motifs is 1. The van der Waals surface area contributed by atoms with Crippen LogP contribution in [-0.4, -0.2) is 33.9 Å². The highest BCUT2D eigenvalue weighted by Crippen LogP contribution is 2.36. The lowest BCUT2D eigenvalue weighted by atomic mass is 10.2. The number of hydrogen-bond acceptors (Lipinski definition) is 5. The molecule has 31 heavy (non-hydrogen) atoms. The van der Waals surface area contributed by atoms with Crippen LogP contribution in [0, 0.1) is 0 Å². The highest BCUT2D eigenvalue weighted by molar-refractivity contribution is 7.92. The largest absolute Gasteiger partial charge is 0.454 e. The molecule has 168 valence electrons. The van der Waals surface area contributed by atoms with Crippen molar-refractivity contribution in [1.82, 2.24) is 0 Å². The molecule has 0 spiro atoms. The Kier molecular flexibility index (Phi) is 6.56. The minimum absolute atomic E-state index is 0.0256. The lowest BCUT2D eigenvalue weighted by Crippen LogP contribution is -2.31. The quantitative estimate of drug-likeness (QED) is 0.642. The van der Waals surface area contributed by atoms with Gasteiger partial charge < -0.3 is 14.8 Å². The topological polar surface area (TPSA) is 84.9 Å². The van der Waals surface area contributed by atoms with Gasteiger partial charge in [0, 0.05) is 19.0 Å². The van der Waals surface area contributed by atoms with Crippen molar-refractivity contribution in [3.05, 3.63) is 47.0 Å². The van der Waals surface area contributed by atoms with Crippen LogP contribution in [0.2, 0.25) is 5.02 Å². The Morgan fingerprint density at radius 2 is 1.87 bits per heavy atom. The second-order valence-corrected chi connectivity index (χ2v) is 9.03. The Hall–Kier alpha value is -2.66. The summed E-state index contributed by atoms with van der Waals surface area (Å²) in [5.74, 6) is 0.304. The third-order valence-electron chi connectivity index (χ3n) is 4.38. The first-order chi connectivity index (χ1) is 14.4. The Morgan fingerprint density at radius 1 is 1.16 bits per heavy atom. The summed E-state index contributed by atoms with van der Waals surface area (Å²) in [6.07, 6.45) is -3.57. The van der Waals surface area contributed by atoms with Crippen molar-refractivity contribution in [2.45, 2.75) is 19.0 Å². The average Bonchev–Trinajstić information content (AvgIpc) is 3.13. The van der Waals surface area contributed by atoms with Crippen LogP contribution in [-0.2, 0) is 21.0 Å². The summed E-state index contributed by atoms with van der Waals surface area (Å²) < 4.78 is 74.5. The van der Waals surface area contributed by atoms with Gasteiger partial charge in [-0.05, 0) is 36.8 Å². The molecule has 0 fully saturated rings. The minimum atomic E-state index is -4.58. The van der Waals surface area contributed by atoms with Crippen molar-refractivity contribution in [3.8, 4) is 11.5 Å². The molecule has 2 aromatic rings. The molecular formula is C19H18ClF3N2O5S. The predicted octanol–water partition coefficient (Wildman–Crippen LogP) is 4.27. The molecule has 1 amide bonds. The number of alkyl halides is 3. The van der Waals surface area contributed by atoms with Crippen LogP contribution in [0.1, 0.15) is 18.4 Å². The molecule has 3 rings (SSSR count). The standard InChI is InChI=1S/C19H18ClF3N2O5S/c1-31(27,28)25(13-5-7-16-17(10-13)30-11-29-16)8-2-3-18(26)24-15-9-12(19(21,22)23)4-6-14(15)20/h4-7,9-10H,2-3,8,11H2,1H3,(H,24,26). The Morgan fingerprint density at radius 3 is 2.55 bits per heavy atom. The molecule has 7 nitrogen and oxygen atoms in total. The van der Waals surface area contributed by atoms with Crippen LogP contribution in [0.4, 0.5) is 24.5 Å². The van der Waals surface area contributed by atoms with E-state index in [1.807, 2.05) is 0 Å². The molecule has 0 aromatic heterocycles. The van der Waals surface area contributed by atoms with E-state index in [4.69, 9.17) is 21.1 Å². The molecule has 0 saturated carbocycles. The number of halogens is 4. The lowest BCUT2D eigenvalue weighted by Gasteiger charge is -2.22. The number of rotatable bonds is 7. The number of nitrogens with zero attached hydrogens (tertiary/aromatic N) is 1. The van der Waals surface area contributed by atoms with Crippen molar-refractivity contribution in [2.24, 2.45) is 0 Å². The number of nitrogens with one attached hydrogen (secondary N) is 1. The van der Waals surface area contributed by atoms with E-state index in [9.17, 15) is 26.4 Å². The molecule has 1 heterocycles. The maximum atomic E-state index is 12.8. The van der Waals surface area contributed by atoms with Crippen molar-refractivity contribution in [3.63, 3.8) is 0 Å². The number of carbonyl (C=O) groups is 1. The van der Waals surface area contributed by atoms with Gasteiger partial charge in [-0.15, -0.1) is 0 Å². The number of sulfonamides is 1.